The lowest BCUT2D eigenvalue weighted by Gasteiger charge is -2.35. The SMILES string of the molecule is Cn1cc([N+](=O)[O-])c(N2CC(O)C2)n1. The quantitative estimate of drug-likeness (QED) is 0.512. The summed E-state index contributed by atoms with van der Waals surface area (Å²) >= 11 is 0. The molecule has 7 heteroatoms. The van der Waals surface area contributed by atoms with Gasteiger partial charge in [-0.25, -0.2) is 0 Å². The number of hydrogen-bond donors (Lipinski definition) is 1. The van der Waals surface area contributed by atoms with E-state index in [1.54, 1.807) is 11.9 Å². The lowest BCUT2D eigenvalue weighted by Crippen LogP contribution is -2.51. The summed E-state index contributed by atoms with van der Waals surface area (Å²) in [4.78, 5) is 11.8. The molecule has 2 rings (SSSR count). The van der Waals surface area contributed by atoms with Crippen LogP contribution in [0.5, 0.6) is 0 Å². The third-order valence-electron chi connectivity index (χ3n) is 2.15. The molecule has 1 aliphatic heterocycles. The van der Waals surface area contributed by atoms with Crippen LogP contribution in [0.1, 0.15) is 0 Å². The lowest BCUT2D eigenvalue weighted by molar-refractivity contribution is -0.384. The highest BCUT2D eigenvalue weighted by atomic mass is 16.6. The van der Waals surface area contributed by atoms with Gasteiger partial charge < -0.3 is 10.0 Å². The van der Waals surface area contributed by atoms with Crippen LogP contribution in [-0.4, -0.2) is 39.0 Å². The lowest BCUT2D eigenvalue weighted by atomic mass is 10.2. The molecule has 1 N–H and O–H groups in total. The van der Waals surface area contributed by atoms with Crippen molar-refractivity contribution < 1.29 is 10.0 Å². The minimum atomic E-state index is -0.465. The Hall–Kier alpha value is -1.63. The Labute approximate surface area is 79.7 Å². The summed E-state index contributed by atoms with van der Waals surface area (Å²) in [6.45, 7) is 0.829. The molecule has 0 saturated carbocycles. The van der Waals surface area contributed by atoms with Gasteiger partial charge >= 0.3 is 5.69 Å². The average Bonchev–Trinajstić information content (AvgIpc) is 2.41. The summed E-state index contributed by atoms with van der Waals surface area (Å²) < 4.78 is 1.40. The molecule has 0 aliphatic carbocycles. The van der Waals surface area contributed by atoms with E-state index in [1.807, 2.05) is 0 Å². The van der Waals surface area contributed by atoms with Crippen LogP contribution in [0.3, 0.4) is 0 Å². The van der Waals surface area contributed by atoms with E-state index in [9.17, 15) is 10.1 Å². The maximum absolute atomic E-state index is 10.6. The number of nitro groups is 1. The highest BCUT2D eigenvalue weighted by Gasteiger charge is 2.32. The van der Waals surface area contributed by atoms with E-state index in [0.717, 1.165) is 0 Å². The van der Waals surface area contributed by atoms with E-state index < -0.39 is 11.0 Å². The normalized spacial score (nSPS) is 16.9. The number of anilines is 1. The summed E-state index contributed by atoms with van der Waals surface area (Å²) in [5.74, 6) is 0.336. The molecule has 2 heterocycles. The Balaban J connectivity index is 2.28. The van der Waals surface area contributed by atoms with Gasteiger partial charge in [0.05, 0.1) is 11.0 Å². The molecule has 76 valence electrons. The first-order chi connectivity index (χ1) is 6.58. The van der Waals surface area contributed by atoms with Crippen LogP contribution in [0.15, 0.2) is 6.20 Å². The second-order valence-corrected chi connectivity index (χ2v) is 3.33. The minimum absolute atomic E-state index is 0.0144. The number of rotatable bonds is 2. The molecule has 1 fully saturated rings. The Morgan fingerprint density at radius 2 is 2.36 bits per heavy atom. The molecule has 0 bridgehead atoms. The largest absolute Gasteiger partial charge is 0.389 e. The maximum Gasteiger partial charge on any atom is 0.330 e. The molecule has 1 aromatic rings. The van der Waals surface area contributed by atoms with E-state index in [-0.39, 0.29) is 5.69 Å². The van der Waals surface area contributed by atoms with Crippen LogP contribution in [0, 0.1) is 10.1 Å². The fourth-order valence-electron chi connectivity index (χ4n) is 1.45. The first-order valence-electron chi connectivity index (χ1n) is 4.19. The molecule has 0 amide bonds. The Bertz CT molecular complexity index is 369. The smallest absolute Gasteiger partial charge is 0.330 e. The van der Waals surface area contributed by atoms with E-state index in [1.165, 1.54) is 10.9 Å². The monoisotopic (exact) mass is 198 g/mol. The van der Waals surface area contributed by atoms with E-state index in [0.29, 0.717) is 18.9 Å². The van der Waals surface area contributed by atoms with Crippen LogP contribution in [0.2, 0.25) is 0 Å². The second-order valence-electron chi connectivity index (χ2n) is 3.33. The van der Waals surface area contributed by atoms with E-state index >= 15 is 0 Å². The number of hydrogen-bond acceptors (Lipinski definition) is 5. The molecular formula is C7H10N4O3. The van der Waals surface area contributed by atoms with Crippen molar-refractivity contribution >= 4 is 11.5 Å². The van der Waals surface area contributed by atoms with Gasteiger partial charge in [0, 0.05) is 20.1 Å². The Morgan fingerprint density at radius 3 is 2.86 bits per heavy atom. The minimum Gasteiger partial charge on any atom is -0.389 e. The number of β-amino-alcohol motifs (C(OH)–C–C–N with tert-alkyl or cyclic N) is 1. The summed E-state index contributed by atoms with van der Waals surface area (Å²) in [5, 5.41) is 23.7. The molecule has 14 heavy (non-hydrogen) atoms. The van der Waals surface area contributed by atoms with Gasteiger partial charge in [-0.3, -0.25) is 14.8 Å². The van der Waals surface area contributed by atoms with Crippen LogP contribution in [0.4, 0.5) is 11.5 Å². The Kier molecular flexibility index (Phi) is 1.88. The standard InChI is InChI=1S/C7H10N4O3/c1-9-4-6(11(13)14)7(8-9)10-2-5(12)3-10/h4-5,12H,2-3H2,1H3. The van der Waals surface area contributed by atoms with Gasteiger partial charge in [0.15, 0.2) is 0 Å². The summed E-state index contributed by atoms with van der Waals surface area (Å²) in [5.41, 5.74) is -0.0144. The van der Waals surface area contributed by atoms with Gasteiger partial charge in [0.1, 0.15) is 6.20 Å². The van der Waals surface area contributed by atoms with Crippen molar-refractivity contribution in [2.75, 3.05) is 18.0 Å². The number of aliphatic hydroxyl groups is 1. The van der Waals surface area contributed by atoms with Crippen molar-refractivity contribution in [2.24, 2.45) is 7.05 Å². The Morgan fingerprint density at radius 1 is 1.71 bits per heavy atom. The van der Waals surface area contributed by atoms with Gasteiger partial charge in [-0.15, -0.1) is 5.10 Å². The molecule has 1 aromatic heterocycles. The zero-order chi connectivity index (χ0) is 10.3. The summed E-state index contributed by atoms with van der Waals surface area (Å²) in [6, 6.07) is 0. The summed E-state index contributed by atoms with van der Waals surface area (Å²) in [6.07, 6.45) is 0.969. The molecule has 0 spiro atoms. The number of aromatic nitrogens is 2. The van der Waals surface area contributed by atoms with Crippen molar-refractivity contribution in [1.82, 2.24) is 9.78 Å². The molecule has 0 unspecified atom stereocenters. The zero-order valence-corrected chi connectivity index (χ0v) is 7.62. The zero-order valence-electron chi connectivity index (χ0n) is 7.62. The van der Waals surface area contributed by atoms with Crippen LogP contribution < -0.4 is 4.90 Å². The van der Waals surface area contributed by atoms with Gasteiger partial charge in [-0.2, -0.15) is 0 Å². The fourth-order valence-corrected chi connectivity index (χ4v) is 1.45. The number of aryl methyl sites for hydroxylation is 1. The average molecular weight is 198 g/mol. The molecule has 1 saturated heterocycles. The van der Waals surface area contributed by atoms with Gasteiger partial charge in [0.2, 0.25) is 5.82 Å². The third kappa shape index (κ3) is 1.31. The first-order valence-corrected chi connectivity index (χ1v) is 4.19. The van der Waals surface area contributed by atoms with Crippen LogP contribution in [0.25, 0.3) is 0 Å². The van der Waals surface area contributed by atoms with Crippen molar-refractivity contribution in [1.29, 1.82) is 0 Å². The molecule has 0 aromatic carbocycles. The molecule has 1 aliphatic rings. The van der Waals surface area contributed by atoms with Crippen molar-refractivity contribution in [3.63, 3.8) is 0 Å². The van der Waals surface area contributed by atoms with Crippen molar-refractivity contribution in [3.05, 3.63) is 16.3 Å². The predicted octanol–water partition coefficient (Wildman–Crippen LogP) is -0.491. The molecule has 0 radical (unpaired) electrons. The fraction of sp³-hybridized carbons (Fsp3) is 0.571. The maximum atomic E-state index is 10.6. The predicted molar refractivity (Wildman–Crippen MR) is 48.1 cm³/mol. The molecule has 7 nitrogen and oxygen atoms in total. The van der Waals surface area contributed by atoms with Crippen LogP contribution >= 0.6 is 0 Å². The highest BCUT2D eigenvalue weighted by Crippen LogP contribution is 2.28. The topological polar surface area (TPSA) is 84.4 Å². The number of nitrogens with zero attached hydrogens (tertiary/aromatic N) is 4. The van der Waals surface area contributed by atoms with Gasteiger partial charge in [-0.1, -0.05) is 0 Å². The first kappa shape index (κ1) is 8.95. The van der Waals surface area contributed by atoms with Gasteiger partial charge in [-0.05, 0) is 0 Å². The highest BCUT2D eigenvalue weighted by molar-refractivity contribution is 5.58. The van der Waals surface area contributed by atoms with E-state index in [2.05, 4.69) is 5.10 Å². The van der Waals surface area contributed by atoms with Crippen molar-refractivity contribution in [3.8, 4) is 0 Å². The summed E-state index contributed by atoms with van der Waals surface area (Å²) in [7, 11) is 1.63. The van der Waals surface area contributed by atoms with Gasteiger partial charge in [0.25, 0.3) is 0 Å². The molecular weight excluding hydrogens is 188 g/mol. The second kappa shape index (κ2) is 2.95. The molecule has 0 atom stereocenters. The number of aliphatic hydroxyl groups excluding tert-OH is 1. The van der Waals surface area contributed by atoms with E-state index in [4.69, 9.17) is 5.11 Å². The van der Waals surface area contributed by atoms with Crippen molar-refractivity contribution in [2.45, 2.75) is 6.10 Å². The third-order valence-corrected chi connectivity index (χ3v) is 2.15. The van der Waals surface area contributed by atoms with Crippen LogP contribution in [-0.2, 0) is 7.05 Å².